The fourth-order valence-corrected chi connectivity index (χ4v) is 3.11. The SMILES string of the molecule is CCNC(=NCCS(=O)(=O)CC)N1CCC(C(=O)OCC)CC1. The monoisotopic (exact) mass is 347 g/mol. The van der Waals surface area contributed by atoms with Crippen LogP contribution in [-0.2, 0) is 19.4 Å². The number of sulfone groups is 1. The highest BCUT2D eigenvalue weighted by Crippen LogP contribution is 2.18. The zero-order valence-electron chi connectivity index (χ0n) is 14.4. The summed E-state index contributed by atoms with van der Waals surface area (Å²) in [6.07, 6.45) is 1.47. The molecule has 134 valence electrons. The van der Waals surface area contributed by atoms with Crippen LogP contribution in [0, 0.1) is 5.92 Å². The molecule has 23 heavy (non-hydrogen) atoms. The summed E-state index contributed by atoms with van der Waals surface area (Å²) in [6, 6.07) is 0. The number of ether oxygens (including phenoxy) is 1. The highest BCUT2D eigenvalue weighted by molar-refractivity contribution is 7.91. The number of hydrogen-bond donors (Lipinski definition) is 1. The van der Waals surface area contributed by atoms with Gasteiger partial charge in [0, 0.05) is 25.4 Å². The molecule has 0 aromatic carbocycles. The van der Waals surface area contributed by atoms with Crippen molar-refractivity contribution in [3.63, 3.8) is 0 Å². The Balaban J connectivity index is 2.57. The Kier molecular flexibility index (Phi) is 8.36. The van der Waals surface area contributed by atoms with Gasteiger partial charge in [0.25, 0.3) is 0 Å². The number of carbonyl (C=O) groups is 1. The second-order valence-electron chi connectivity index (χ2n) is 5.49. The number of esters is 1. The lowest BCUT2D eigenvalue weighted by atomic mass is 9.97. The van der Waals surface area contributed by atoms with Crippen LogP contribution in [0.25, 0.3) is 0 Å². The average Bonchev–Trinajstić information content (AvgIpc) is 2.54. The van der Waals surface area contributed by atoms with E-state index < -0.39 is 9.84 Å². The maximum Gasteiger partial charge on any atom is 0.309 e. The van der Waals surface area contributed by atoms with E-state index in [1.54, 1.807) is 6.92 Å². The van der Waals surface area contributed by atoms with E-state index in [2.05, 4.69) is 15.2 Å². The van der Waals surface area contributed by atoms with Crippen LogP contribution in [0.3, 0.4) is 0 Å². The third-order valence-electron chi connectivity index (χ3n) is 3.85. The number of nitrogens with zero attached hydrogens (tertiary/aromatic N) is 2. The molecule has 0 unspecified atom stereocenters. The Hall–Kier alpha value is -1.31. The lowest BCUT2D eigenvalue weighted by Crippen LogP contribution is -2.47. The normalized spacial score (nSPS) is 17.2. The van der Waals surface area contributed by atoms with Crippen molar-refractivity contribution < 1.29 is 17.9 Å². The standard InChI is InChI=1S/C15H29N3O4S/c1-4-16-15(17-9-12-23(20,21)6-3)18-10-7-13(8-11-18)14(19)22-5-2/h13H,4-12H2,1-3H3,(H,16,17). The molecular weight excluding hydrogens is 318 g/mol. The molecule has 0 saturated carbocycles. The number of carbonyl (C=O) groups excluding carboxylic acids is 1. The van der Waals surface area contributed by atoms with E-state index >= 15 is 0 Å². The first kappa shape index (κ1) is 19.7. The fourth-order valence-electron chi connectivity index (χ4n) is 2.45. The lowest BCUT2D eigenvalue weighted by molar-refractivity contribution is -0.149. The van der Waals surface area contributed by atoms with Crippen molar-refractivity contribution in [3.05, 3.63) is 0 Å². The summed E-state index contributed by atoms with van der Waals surface area (Å²) < 4.78 is 28.1. The minimum Gasteiger partial charge on any atom is -0.466 e. The van der Waals surface area contributed by atoms with Gasteiger partial charge in [-0.15, -0.1) is 0 Å². The molecule has 0 aromatic heterocycles. The first-order valence-corrected chi connectivity index (χ1v) is 10.2. The van der Waals surface area contributed by atoms with E-state index in [0.29, 0.717) is 6.61 Å². The van der Waals surface area contributed by atoms with Crippen molar-refractivity contribution in [1.82, 2.24) is 10.2 Å². The summed E-state index contributed by atoms with van der Waals surface area (Å²) >= 11 is 0. The maximum atomic E-state index is 11.8. The quantitative estimate of drug-likeness (QED) is 0.413. The van der Waals surface area contributed by atoms with Crippen LogP contribution < -0.4 is 5.32 Å². The molecule has 0 aliphatic carbocycles. The second kappa shape index (κ2) is 9.75. The molecule has 0 amide bonds. The Morgan fingerprint density at radius 1 is 1.26 bits per heavy atom. The largest absolute Gasteiger partial charge is 0.466 e. The van der Waals surface area contributed by atoms with Gasteiger partial charge < -0.3 is 15.0 Å². The van der Waals surface area contributed by atoms with Crippen LogP contribution in [0.1, 0.15) is 33.6 Å². The van der Waals surface area contributed by atoms with E-state index in [-0.39, 0.29) is 29.9 Å². The molecule has 1 fully saturated rings. The number of hydrogen-bond acceptors (Lipinski definition) is 5. The lowest BCUT2D eigenvalue weighted by Gasteiger charge is -2.33. The molecule has 1 rings (SSSR count). The van der Waals surface area contributed by atoms with Gasteiger partial charge in [0.05, 0.1) is 24.8 Å². The fraction of sp³-hybridized carbons (Fsp3) is 0.867. The number of nitrogens with one attached hydrogen (secondary N) is 1. The molecule has 1 aliphatic heterocycles. The first-order chi connectivity index (χ1) is 10.9. The van der Waals surface area contributed by atoms with Crippen molar-refractivity contribution in [2.75, 3.05) is 44.3 Å². The van der Waals surface area contributed by atoms with Crippen molar-refractivity contribution >= 4 is 21.8 Å². The third-order valence-corrected chi connectivity index (χ3v) is 5.54. The van der Waals surface area contributed by atoms with Crippen LogP contribution in [0.15, 0.2) is 4.99 Å². The van der Waals surface area contributed by atoms with E-state index in [4.69, 9.17) is 4.74 Å². The Morgan fingerprint density at radius 2 is 1.91 bits per heavy atom. The molecule has 0 bridgehead atoms. The molecule has 0 radical (unpaired) electrons. The molecular formula is C15H29N3O4S. The Bertz CT molecular complexity index is 497. The van der Waals surface area contributed by atoms with Crippen LogP contribution in [0.2, 0.25) is 0 Å². The number of likely N-dealkylation sites (tertiary alicyclic amines) is 1. The molecule has 1 N–H and O–H groups in total. The van der Waals surface area contributed by atoms with E-state index in [1.165, 1.54) is 0 Å². The Morgan fingerprint density at radius 3 is 2.43 bits per heavy atom. The van der Waals surface area contributed by atoms with Gasteiger partial charge in [0.2, 0.25) is 0 Å². The highest BCUT2D eigenvalue weighted by atomic mass is 32.2. The van der Waals surface area contributed by atoms with Crippen LogP contribution in [0.4, 0.5) is 0 Å². The van der Waals surface area contributed by atoms with Gasteiger partial charge in [-0.05, 0) is 26.7 Å². The summed E-state index contributed by atoms with van der Waals surface area (Å²) in [6.45, 7) is 8.26. The van der Waals surface area contributed by atoms with Gasteiger partial charge in [-0.1, -0.05) is 6.92 Å². The molecule has 1 aliphatic rings. The zero-order chi connectivity index (χ0) is 17.3. The van der Waals surface area contributed by atoms with Crippen molar-refractivity contribution in [2.24, 2.45) is 10.9 Å². The second-order valence-corrected chi connectivity index (χ2v) is 7.96. The van der Waals surface area contributed by atoms with E-state index in [1.807, 2.05) is 13.8 Å². The van der Waals surface area contributed by atoms with Gasteiger partial charge in [0.15, 0.2) is 15.8 Å². The molecule has 0 atom stereocenters. The minimum atomic E-state index is -3.00. The predicted molar refractivity (Wildman–Crippen MR) is 91.2 cm³/mol. The number of rotatable bonds is 7. The van der Waals surface area contributed by atoms with E-state index in [9.17, 15) is 13.2 Å². The van der Waals surface area contributed by atoms with Crippen LogP contribution >= 0.6 is 0 Å². The number of piperidine rings is 1. The summed E-state index contributed by atoms with van der Waals surface area (Å²) in [5, 5.41) is 3.19. The minimum absolute atomic E-state index is 0.0467. The van der Waals surface area contributed by atoms with Crippen molar-refractivity contribution in [1.29, 1.82) is 0 Å². The predicted octanol–water partition coefficient (Wildman–Crippen LogP) is 0.662. The average molecular weight is 347 g/mol. The van der Waals surface area contributed by atoms with Gasteiger partial charge in [-0.2, -0.15) is 0 Å². The smallest absolute Gasteiger partial charge is 0.309 e. The van der Waals surface area contributed by atoms with E-state index in [0.717, 1.165) is 38.4 Å². The summed E-state index contributed by atoms with van der Waals surface area (Å²) in [5.41, 5.74) is 0. The van der Waals surface area contributed by atoms with Crippen LogP contribution in [-0.4, -0.2) is 69.5 Å². The van der Waals surface area contributed by atoms with Gasteiger partial charge in [-0.3, -0.25) is 9.79 Å². The number of guanidine groups is 1. The molecule has 1 heterocycles. The molecule has 1 saturated heterocycles. The van der Waals surface area contributed by atoms with Gasteiger partial charge >= 0.3 is 5.97 Å². The van der Waals surface area contributed by atoms with Gasteiger partial charge in [0.1, 0.15) is 0 Å². The van der Waals surface area contributed by atoms with Crippen molar-refractivity contribution in [2.45, 2.75) is 33.6 Å². The maximum absolute atomic E-state index is 11.8. The summed E-state index contributed by atoms with van der Waals surface area (Å²) in [5.74, 6) is 0.764. The highest BCUT2D eigenvalue weighted by Gasteiger charge is 2.27. The topological polar surface area (TPSA) is 88.1 Å². The zero-order valence-corrected chi connectivity index (χ0v) is 15.2. The third kappa shape index (κ3) is 6.76. The Labute approximate surface area is 139 Å². The molecule has 0 aromatic rings. The van der Waals surface area contributed by atoms with Crippen LogP contribution in [0.5, 0.6) is 0 Å². The van der Waals surface area contributed by atoms with Crippen molar-refractivity contribution in [3.8, 4) is 0 Å². The summed E-state index contributed by atoms with van der Waals surface area (Å²) in [7, 11) is -3.00. The summed E-state index contributed by atoms with van der Waals surface area (Å²) in [4.78, 5) is 18.3. The first-order valence-electron chi connectivity index (χ1n) is 8.33. The number of aliphatic imine (C=N–C) groups is 1. The molecule has 7 nitrogen and oxygen atoms in total. The van der Waals surface area contributed by atoms with Gasteiger partial charge in [-0.25, -0.2) is 8.42 Å². The molecule has 0 spiro atoms. The molecule has 8 heteroatoms.